The van der Waals surface area contributed by atoms with Gasteiger partial charge < -0.3 is 134 Å². The SMILES string of the molecule is CC[C@H](C)C1NC(=O)[C@H](CCCNC(=N)N)NC(=O)CNC(=O)CNC(=O)[C@H](Cc2ccccc2)NC(=O)CNC(=O)[C@@H](NC(=O)[C@H](CO)NC(=O)[C@@H](N)CO)CSSCC(C(=O)N[C@@H](Cc2ccccc2)C(=O)N[C@@H](CCCNC(=N)N)C(=O)O)NC(=O)[C@H]([C@@H](C)CC)NC(=O)C(CCCNC(=N)N)NC(=O)[C@H](CC(=O)O)NC1=O. The molecule has 1 saturated heterocycles. The summed E-state index contributed by atoms with van der Waals surface area (Å²) in [5.41, 5.74) is 23.0. The number of guanidine groups is 3. The third kappa shape index (κ3) is 37.5. The van der Waals surface area contributed by atoms with Crippen LogP contribution in [0.3, 0.4) is 0 Å². The number of aliphatic hydroxyl groups excluding tert-OH is 2. The molecule has 0 saturated carbocycles. The van der Waals surface area contributed by atoms with Gasteiger partial charge in [-0.2, -0.15) is 0 Å². The van der Waals surface area contributed by atoms with E-state index in [-0.39, 0.29) is 83.8 Å². The number of aliphatic carboxylic acids is 2. The summed E-state index contributed by atoms with van der Waals surface area (Å²) in [6, 6.07) is -4.00. The number of benzene rings is 2. The summed E-state index contributed by atoms with van der Waals surface area (Å²) in [4.78, 5) is 224. The highest BCUT2D eigenvalue weighted by Gasteiger charge is 2.39. The van der Waals surface area contributed by atoms with E-state index >= 15 is 9.59 Å². The van der Waals surface area contributed by atoms with Crippen LogP contribution in [0.4, 0.5) is 0 Å². The Balaban J connectivity index is 2.35. The van der Waals surface area contributed by atoms with Gasteiger partial charge >= 0.3 is 11.9 Å². The maximum absolute atomic E-state index is 15.1. The monoisotopic (exact) mass is 1670 g/mol. The molecule has 3 rings (SSSR count). The van der Waals surface area contributed by atoms with Crippen LogP contribution >= 0.6 is 21.6 Å². The van der Waals surface area contributed by atoms with E-state index in [1.807, 2.05) is 0 Å². The van der Waals surface area contributed by atoms with E-state index in [0.717, 1.165) is 21.6 Å². The molecule has 0 spiro atoms. The minimum absolute atomic E-state index is 0.00660. The molecule has 1 aliphatic heterocycles. The third-order valence-electron chi connectivity index (χ3n) is 17.8. The van der Waals surface area contributed by atoms with Gasteiger partial charge in [0.15, 0.2) is 17.9 Å². The van der Waals surface area contributed by atoms with Crippen molar-refractivity contribution in [1.29, 1.82) is 16.2 Å². The Bertz CT molecular complexity index is 3710. The maximum Gasteiger partial charge on any atom is 0.326 e. The van der Waals surface area contributed by atoms with Crippen molar-refractivity contribution in [3.05, 3.63) is 71.8 Å². The summed E-state index contributed by atoms with van der Waals surface area (Å²) in [7, 11) is 1.47. The summed E-state index contributed by atoms with van der Waals surface area (Å²) in [6.07, 6.45) is -2.10. The molecule has 14 amide bonds. The molecule has 116 heavy (non-hydrogen) atoms. The average Bonchev–Trinajstić information content (AvgIpc) is 0.847. The van der Waals surface area contributed by atoms with Gasteiger partial charge in [-0.1, -0.05) is 123 Å². The number of carbonyl (C=O) groups is 16. The van der Waals surface area contributed by atoms with Crippen LogP contribution < -0.4 is 113 Å². The second-order valence-electron chi connectivity index (χ2n) is 26.9. The van der Waals surface area contributed by atoms with Crippen molar-refractivity contribution in [2.75, 3.05) is 64.0 Å². The molecule has 2 aromatic carbocycles. The van der Waals surface area contributed by atoms with Gasteiger partial charge in [0.25, 0.3) is 0 Å². The molecule has 14 atom stereocenters. The maximum atomic E-state index is 15.1. The molecule has 46 heteroatoms. The quantitative estimate of drug-likeness (QED) is 0.0137. The molecule has 2 aromatic rings. The zero-order valence-electron chi connectivity index (χ0n) is 64.7. The van der Waals surface area contributed by atoms with Gasteiger partial charge in [0.1, 0.15) is 72.5 Å². The molecule has 642 valence electrons. The predicted molar refractivity (Wildman–Crippen MR) is 424 cm³/mol. The van der Waals surface area contributed by atoms with E-state index in [1.165, 1.54) is 13.8 Å². The molecule has 1 heterocycles. The number of nitrogens with two attached hydrogens (primary N) is 4. The van der Waals surface area contributed by atoms with E-state index in [9.17, 15) is 87.5 Å². The van der Waals surface area contributed by atoms with Gasteiger partial charge in [-0.3, -0.25) is 88.1 Å². The Labute approximate surface area is 676 Å². The van der Waals surface area contributed by atoms with Gasteiger partial charge in [-0.05, 0) is 61.5 Å². The largest absolute Gasteiger partial charge is 0.481 e. The zero-order chi connectivity index (χ0) is 86.6. The summed E-state index contributed by atoms with van der Waals surface area (Å²) < 4.78 is 0. The van der Waals surface area contributed by atoms with Crippen molar-refractivity contribution in [2.24, 2.45) is 34.8 Å². The van der Waals surface area contributed by atoms with Crippen LogP contribution in [0, 0.1) is 28.1 Å². The minimum Gasteiger partial charge on any atom is -0.481 e. The summed E-state index contributed by atoms with van der Waals surface area (Å²) in [5, 5.41) is 105. The number of carboxylic acid groups (broad SMARTS) is 2. The molecule has 1 fully saturated rings. The van der Waals surface area contributed by atoms with E-state index in [2.05, 4.69) is 90.4 Å². The Kier molecular flexibility index (Phi) is 44.8. The fraction of sp³-hybridized carbons (Fsp3) is 0.557. The van der Waals surface area contributed by atoms with Gasteiger partial charge in [0.2, 0.25) is 82.7 Å². The van der Waals surface area contributed by atoms with Crippen molar-refractivity contribution in [2.45, 2.75) is 171 Å². The molecule has 0 radical (unpaired) electrons. The highest BCUT2D eigenvalue weighted by atomic mass is 33.1. The molecular formula is C70H110N24O20S2. The van der Waals surface area contributed by atoms with E-state index in [1.54, 1.807) is 74.5 Å². The highest BCUT2D eigenvalue weighted by molar-refractivity contribution is 8.76. The lowest BCUT2D eigenvalue weighted by Crippen LogP contribution is -2.62. The van der Waals surface area contributed by atoms with Crippen molar-refractivity contribution in [3.8, 4) is 0 Å². The fourth-order valence-corrected chi connectivity index (χ4v) is 13.2. The van der Waals surface area contributed by atoms with Gasteiger partial charge in [-0.15, -0.1) is 0 Å². The van der Waals surface area contributed by atoms with E-state index in [4.69, 9.17) is 39.2 Å². The zero-order valence-corrected chi connectivity index (χ0v) is 66.3. The van der Waals surface area contributed by atoms with Crippen molar-refractivity contribution < 1.29 is 97.1 Å². The lowest BCUT2D eigenvalue weighted by atomic mass is 9.96. The number of amides is 14. The number of hydrogen-bond donors (Lipinski definition) is 28. The van der Waals surface area contributed by atoms with Crippen molar-refractivity contribution in [1.82, 2.24) is 90.4 Å². The van der Waals surface area contributed by atoms with Crippen molar-refractivity contribution in [3.63, 3.8) is 0 Å². The van der Waals surface area contributed by atoms with Gasteiger partial charge in [0, 0.05) is 44.0 Å². The van der Waals surface area contributed by atoms with E-state index in [0.29, 0.717) is 11.1 Å². The standard InChI is InChI=1S/C70H110N24O20S2/c1-5-36(3)54-65(111)89-46(28-53(100)101)62(108)86-42(21-14-24-79-69(74)75)60(106)94-55(37(4)6-2)66(112)92-49(64(110)88-45(27-39-18-11-8-12-19-39)61(107)87-43(67(113)114)22-15-25-80-70(76)77)35-116-115-34-48(91-63(109)47(33-96)90-56(102)40(71)32-95)58(104)83-31-52(99)85-44(26-38-16-9-7-10-17-38)57(103)82-29-50(97)81-30-51(98)84-41(59(105)93-54)20-13-23-78-68(72)73/h7-12,16-19,36-37,40-49,54-55,95-96H,5-6,13-15,20-35,71H2,1-4H3,(H,81,97)(H,82,103)(H,83,104)(H,84,98)(H,85,99)(H,86,108)(H,87,107)(H,88,110)(H,89,111)(H,90,102)(H,91,109)(H,92,112)(H,93,105)(H,94,106)(H,100,101)(H,113,114)(H4,72,73,78)(H4,74,75,79)(H4,76,77,80)/t36-,37-,40-,41-,42?,43-,44-,45-,46-,47-,48-,49?,54?,55-/m0/s1. The molecular weight excluding hydrogens is 1560 g/mol. The Morgan fingerprint density at radius 2 is 0.966 bits per heavy atom. The molecule has 32 N–H and O–H groups in total. The molecule has 44 nitrogen and oxygen atoms in total. The number of aliphatic hydroxyl groups is 2. The third-order valence-corrected chi connectivity index (χ3v) is 20.2. The Morgan fingerprint density at radius 1 is 0.500 bits per heavy atom. The smallest absolute Gasteiger partial charge is 0.326 e. The van der Waals surface area contributed by atoms with Crippen LogP contribution in [0.25, 0.3) is 0 Å². The van der Waals surface area contributed by atoms with Crippen LogP contribution in [0.5, 0.6) is 0 Å². The first kappa shape index (κ1) is 98.5. The fourth-order valence-electron chi connectivity index (χ4n) is 10.9. The first-order valence-electron chi connectivity index (χ1n) is 37.1. The van der Waals surface area contributed by atoms with Gasteiger partial charge in [-0.25, -0.2) is 4.79 Å². The predicted octanol–water partition coefficient (Wildman–Crippen LogP) is -8.70. The molecule has 1 aliphatic rings. The molecule has 0 aliphatic carbocycles. The topological polar surface area (TPSA) is 734 Å². The van der Waals surface area contributed by atoms with E-state index < -0.39 is 248 Å². The summed E-state index contributed by atoms with van der Waals surface area (Å²) in [5.74, 6) is -22.4. The molecule has 0 bridgehead atoms. The second kappa shape index (κ2) is 52.7. The Morgan fingerprint density at radius 3 is 1.48 bits per heavy atom. The highest BCUT2D eigenvalue weighted by Crippen LogP contribution is 2.24. The first-order valence-corrected chi connectivity index (χ1v) is 39.6. The molecule has 0 aromatic heterocycles. The van der Waals surface area contributed by atoms with Crippen LogP contribution in [0.1, 0.15) is 96.6 Å². The van der Waals surface area contributed by atoms with Crippen LogP contribution in [0.15, 0.2) is 60.7 Å². The summed E-state index contributed by atoms with van der Waals surface area (Å²) in [6.45, 7) is 1.67. The Hall–Kier alpha value is -11.6. The second-order valence-corrected chi connectivity index (χ2v) is 29.5. The number of carboxylic acids is 2. The number of rotatable bonds is 33. The lowest BCUT2D eigenvalue weighted by Gasteiger charge is -2.30. The first-order chi connectivity index (χ1) is 55.0. The average molecular weight is 1670 g/mol. The van der Waals surface area contributed by atoms with Crippen LogP contribution in [-0.2, 0) is 89.6 Å². The van der Waals surface area contributed by atoms with Crippen LogP contribution in [-0.4, -0.2) is 269 Å². The summed E-state index contributed by atoms with van der Waals surface area (Å²) >= 11 is 0. The normalized spacial score (nSPS) is 21.3. The lowest BCUT2D eigenvalue weighted by molar-refractivity contribution is -0.142. The number of hydrogen-bond acceptors (Lipinski definition) is 24. The number of carbonyl (C=O) groups excluding carboxylic acids is 14. The van der Waals surface area contributed by atoms with Crippen LogP contribution in [0.2, 0.25) is 0 Å². The van der Waals surface area contributed by atoms with Crippen molar-refractivity contribution >= 4 is 134 Å². The minimum atomic E-state index is -2.03. The molecule has 3 unspecified atom stereocenters. The number of nitrogens with one attached hydrogen (secondary N) is 20. The van der Waals surface area contributed by atoms with Gasteiger partial charge in [0.05, 0.1) is 39.3 Å².